The number of aromatic nitrogens is 1. The summed E-state index contributed by atoms with van der Waals surface area (Å²) in [5.41, 5.74) is 0.735. The quantitative estimate of drug-likeness (QED) is 0.412. The average Bonchev–Trinajstić information content (AvgIpc) is 3.38. The van der Waals surface area contributed by atoms with E-state index >= 15 is 0 Å². The van der Waals surface area contributed by atoms with Crippen molar-refractivity contribution in [2.24, 2.45) is 11.8 Å². The lowest BCUT2D eigenvalue weighted by molar-refractivity contribution is -0.271. The molecule has 3 atom stereocenters. The van der Waals surface area contributed by atoms with Gasteiger partial charge in [0, 0.05) is 18.8 Å². The van der Waals surface area contributed by atoms with Gasteiger partial charge in [-0.3, -0.25) is 29.1 Å². The number of amides is 3. The zero-order chi connectivity index (χ0) is 28.8. The summed E-state index contributed by atoms with van der Waals surface area (Å²) in [6.45, 7) is 5.72. The molecule has 2 rings (SSSR count). The van der Waals surface area contributed by atoms with Crippen molar-refractivity contribution in [1.29, 1.82) is 0 Å². The largest absolute Gasteiger partial charge is 0.461 e. The molecule has 1 aliphatic heterocycles. The summed E-state index contributed by atoms with van der Waals surface area (Å²) in [6.07, 6.45) is -2.25. The van der Waals surface area contributed by atoms with E-state index in [9.17, 15) is 41.1 Å². The number of halogens is 5. The highest BCUT2D eigenvalue weighted by atomic mass is 19.4. The fourth-order valence-electron chi connectivity index (χ4n) is 4.20. The van der Waals surface area contributed by atoms with E-state index in [1.807, 2.05) is 0 Å². The number of hydrogen-bond donors (Lipinski definition) is 2. The Morgan fingerprint density at radius 1 is 1.11 bits per heavy atom. The van der Waals surface area contributed by atoms with Crippen LogP contribution in [0.25, 0.3) is 0 Å². The minimum absolute atomic E-state index is 0.0843. The molecule has 2 heterocycles. The maximum absolute atomic E-state index is 14.2. The van der Waals surface area contributed by atoms with Gasteiger partial charge in [-0.15, -0.1) is 0 Å². The standard InChI is InChI=1S/C25H33F5N4O4/c1-14(2)19(33-18(35)10-9-16-7-5-11-31-13-16)23(38)34(22(37)17-8-6-12-32-17)20(15(3)4)21(36)24(26,27)25(28,29)30/h5,7,11,13-15,17,19-20,32H,6,8-10,12H2,1-4H3,(H,33,35)/t17-,19-,20?/m0/s1. The van der Waals surface area contributed by atoms with E-state index in [4.69, 9.17) is 0 Å². The fourth-order valence-corrected chi connectivity index (χ4v) is 4.20. The maximum Gasteiger partial charge on any atom is 0.461 e. The predicted octanol–water partition coefficient (Wildman–Crippen LogP) is 3.05. The van der Waals surface area contributed by atoms with Crippen molar-refractivity contribution in [3.05, 3.63) is 30.1 Å². The first-order chi connectivity index (χ1) is 17.6. The van der Waals surface area contributed by atoms with Crippen LogP contribution in [0.2, 0.25) is 0 Å². The Kier molecular flexibility index (Phi) is 10.5. The number of carbonyl (C=O) groups is 4. The third kappa shape index (κ3) is 7.33. The molecule has 1 aliphatic rings. The zero-order valence-electron chi connectivity index (χ0n) is 21.6. The number of aryl methyl sites for hydroxylation is 1. The van der Waals surface area contributed by atoms with Crippen molar-refractivity contribution in [1.82, 2.24) is 20.5 Å². The van der Waals surface area contributed by atoms with E-state index in [1.165, 1.54) is 27.7 Å². The minimum Gasteiger partial charge on any atom is -0.344 e. The molecule has 0 saturated carbocycles. The summed E-state index contributed by atoms with van der Waals surface area (Å²) in [4.78, 5) is 56.6. The van der Waals surface area contributed by atoms with Crippen LogP contribution in [0.4, 0.5) is 22.0 Å². The van der Waals surface area contributed by atoms with Crippen LogP contribution in [0.1, 0.15) is 52.5 Å². The van der Waals surface area contributed by atoms with Gasteiger partial charge < -0.3 is 10.6 Å². The molecule has 212 valence electrons. The number of hydrogen-bond acceptors (Lipinski definition) is 6. The topological polar surface area (TPSA) is 108 Å². The first-order valence-corrected chi connectivity index (χ1v) is 12.4. The molecule has 1 fully saturated rings. The number of pyridine rings is 1. The van der Waals surface area contributed by atoms with E-state index < -0.39 is 65.6 Å². The number of carbonyl (C=O) groups excluding carboxylic acids is 4. The minimum atomic E-state index is -6.22. The number of Topliss-reactive ketones (excluding diaryl/α,β-unsaturated/α-hetero) is 1. The van der Waals surface area contributed by atoms with E-state index in [2.05, 4.69) is 15.6 Å². The summed E-state index contributed by atoms with van der Waals surface area (Å²) in [7, 11) is 0. The van der Waals surface area contributed by atoms with Crippen LogP contribution in [-0.2, 0) is 25.6 Å². The number of imide groups is 1. The van der Waals surface area contributed by atoms with Gasteiger partial charge in [0.05, 0.1) is 6.04 Å². The third-order valence-electron chi connectivity index (χ3n) is 6.29. The van der Waals surface area contributed by atoms with Gasteiger partial charge in [-0.1, -0.05) is 33.8 Å². The molecule has 1 saturated heterocycles. The summed E-state index contributed by atoms with van der Waals surface area (Å²) in [6, 6.07) is -1.52. The van der Waals surface area contributed by atoms with Crippen LogP contribution in [0, 0.1) is 11.8 Å². The summed E-state index contributed by atoms with van der Waals surface area (Å²) in [5, 5.41) is 5.25. The van der Waals surface area contributed by atoms with Crippen molar-refractivity contribution >= 4 is 23.5 Å². The molecule has 38 heavy (non-hydrogen) atoms. The molecule has 0 aliphatic carbocycles. The molecule has 13 heteroatoms. The van der Waals surface area contributed by atoms with Gasteiger partial charge >= 0.3 is 12.1 Å². The Balaban J connectivity index is 2.42. The van der Waals surface area contributed by atoms with E-state index in [0.29, 0.717) is 13.0 Å². The molecule has 1 aromatic rings. The predicted molar refractivity (Wildman–Crippen MR) is 127 cm³/mol. The first-order valence-electron chi connectivity index (χ1n) is 12.4. The zero-order valence-corrected chi connectivity index (χ0v) is 21.6. The second kappa shape index (κ2) is 12.7. The lowest BCUT2D eigenvalue weighted by Crippen LogP contribution is -2.64. The molecule has 0 aromatic carbocycles. The van der Waals surface area contributed by atoms with Crippen molar-refractivity contribution in [3.63, 3.8) is 0 Å². The number of nitrogens with one attached hydrogen (secondary N) is 2. The number of nitrogens with zero attached hydrogens (tertiary/aromatic N) is 2. The molecule has 8 nitrogen and oxygen atoms in total. The van der Waals surface area contributed by atoms with E-state index in [-0.39, 0.29) is 24.2 Å². The number of ketones is 1. The van der Waals surface area contributed by atoms with Crippen LogP contribution in [0.15, 0.2) is 24.5 Å². The van der Waals surface area contributed by atoms with Crippen LogP contribution in [0.5, 0.6) is 0 Å². The monoisotopic (exact) mass is 548 g/mol. The highest BCUT2D eigenvalue weighted by molar-refractivity contribution is 6.06. The van der Waals surface area contributed by atoms with Gasteiger partial charge in [0.2, 0.25) is 17.6 Å². The average molecular weight is 549 g/mol. The van der Waals surface area contributed by atoms with Crippen LogP contribution >= 0.6 is 0 Å². The van der Waals surface area contributed by atoms with Gasteiger partial charge in [0.25, 0.3) is 5.91 Å². The Hall–Kier alpha value is -2.96. The summed E-state index contributed by atoms with van der Waals surface area (Å²) >= 11 is 0. The van der Waals surface area contributed by atoms with Crippen LogP contribution in [-0.4, -0.2) is 70.2 Å². The van der Waals surface area contributed by atoms with Gasteiger partial charge in [0.1, 0.15) is 12.1 Å². The molecule has 1 unspecified atom stereocenters. The maximum atomic E-state index is 14.2. The lowest BCUT2D eigenvalue weighted by atomic mass is 9.91. The second-order valence-corrected chi connectivity index (χ2v) is 9.97. The Bertz CT molecular complexity index is 995. The van der Waals surface area contributed by atoms with E-state index in [1.54, 1.807) is 24.5 Å². The van der Waals surface area contributed by atoms with Crippen molar-refractivity contribution < 1.29 is 41.1 Å². The van der Waals surface area contributed by atoms with E-state index in [0.717, 1.165) is 5.56 Å². The Morgan fingerprint density at radius 2 is 1.76 bits per heavy atom. The Labute approximate surface area is 217 Å². The molecular weight excluding hydrogens is 515 g/mol. The highest BCUT2D eigenvalue weighted by Crippen LogP contribution is 2.39. The normalized spacial score (nSPS) is 17.8. The van der Waals surface area contributed by atoms with Crippen molar-refractivity contribution in [2.75, 3.05) is 6.54 Å². The Morgan fingerprint density at radius 3 is 2.24 bits per heavy atom. The summed E-state index contributed by atoms with van der Waals surface area (Å²) < 4.78 is 67.8. The fraction of sp³-hybridized carbons (Fsp3) is 0.640. The van der Waals surface area contributed by atoms with Crippen LogP contribution < -0.4 is 10.6 Å². The van der Waals surface area contributed by atoms with Gasteiger partial charge in [0.15, 0.2) is 0 Å². The molecule has 0 radical (unpaired) electrons. The number of rotatable bonds is 11. The molecule has 0 spiro atoms. The molecular formula is C25H33F5N4O4. The molecule has 3 amide bonds. The van der Waals surface area contributed by atoms with Crippen molar-refractivity contribution in [2.45, 2.75) is 83.6 Å². The van der Waals surface area contributed by atoms with Gasteiger partial charge in [-0.2, -0.15) is 22.0 Å². The number of alkyl halides is 5. The smallest absolute Gasteiger partial charge is 0.344 e. The molecule has 0 bridgehead atoms. The van der Waals surface area contributed by atoms with Crippen LogP contribution in [0.3, 0.4) is 0 Å². The highest BCUT2D eigenvalue weighted by Gasteiger charge is 2.66. The molecule has 1 aromatic heterocycles. The SMILES string of the molecule is CC(C)C(C(=O)C(F)(F)C(F)(F)F)N(C(=O)[C@@H]1CCCN1)C(=O)[C@@H](NC(=O)CCc1cccnc1)C(C)C. The van der Waals surface area contributed by atoms with Gasteiger partial charge in [-0.05, 0) is 49.3 Å². The first kappa shape index (κ1) is 31.3. The van der Waals surface area contributed by atoms with Gasteiger partial charge in [-0.25, -0.2) is 0 Å². The summed E-state index contributed by atoms with van der Waals surface area (Å²) in [5.74, 6) is -13.3. The third-order valence-corrected chi connectivity index (χ3v) is 6.29. The van der Waals surface area contributed by atoms with Crippen molar-refractivity contribution in [3.8, 4) is 0 Å². The molecule has 2 N–H and O–H groups in total. The second-order valence-electron chi connectivity index (χ2n) is 9.97. The lowest BCUT2D eigenvalue weighted by Gasteiger charge is -2.38.